The van der Waals surface area contributed by atoms with Gasteiger partial charge in [0.15, 0.2) is 0 Å². The van der Waals surface area contributed by atoms with E-state index in [9.17, 15) is 4.79 Å². The highest BCUT2D eigenvalue weighted by Crippen LogP contribution is 2.21. The highest BCUT2D eigenvalue weighted by Gasteiger charge is 2.11. The lowest BCUT2D eigenvalue weighted by molar-refractivity contribution is 0.0995. The molecular formula is C13H15BrN4O. The zero-order valence-corrected chi connectivity index (χ0v) is 12.1. The Balaban J connectivity index is 2.45. The predicted molar refractivity (Wildman–Crippen MR) is 77.1 cm³/mol. The number of rotatable bonds is 4. The Kier molecular flexibility index (Phi) is 4.01. The van der Waals surface area contributed by atoms with Crippen molar-refractivity contribution in [2.75, 3.05) is 0 Å². The Labute approximate surface area is 119 Å². The molecule has 0 aliphatic rings. The van der Waals surface area contributed by atoms with Gasteiger partial charge in [-0.3, -0.25) is 4.79 Å². The van der Waals surface area contributed by atoms with Crippen LogP contribution in [0, 0.1) is 0 Å². The number of primary amides is 1. The van der Waals surface area contributed by atoms with Gasteiger partial charge in [-0.15, -0.1) is 0 Å². The van der Waals surface area contributed by atoms with E-state index < -0.39 is 5.91 Å². The average molecular weight is 323 g/mol. The first-order valence-corrected chi connectivity index (χ1v) is 6.66. The molecule has 2 rings (SSSR count). The molecule has 0 bridgehead atoms. The normalized spacial score (nSPS) is 12.4. The quantitative estimate of drug-likeness (QED) is 0.896. The first-order chi connectivity index (χ1) is 8.97. The molecule has 0 fully saturated rings. The number of hydrogen-bond donors (Lipinski definition) is 2. The molecule has 0 aliphatic carbocycles. The molecule has 1 unspecified atom stereocenters. The van der Waals surface area contributed by atoms with E-state index in [0.29, 0.717) is 0 Å². The second kappa shape index (κ2) is 5.54. The van der Waals surface area contributed by atoms with Crippen molar-refractivity contribution in [2.45, 2.75) is 19.4 Å². The van der Waals surface area contributed by atoms with Gasteiger partial charge in [0.1, 0.15) is 5.69 Å². The molecule has 0 saturated heterocycles. The first kappa shape index (κ1) is 13.8. The van der Waals surface area contributed by atoms with Crippen molar-refractivity contribution in [1.82, 2.24) is 9.78 Å². The maximum absolute atomic E-state index is 11.1. The van der Waals surface area contributed by atoms with Gasteiger partial charge in [-0.2, -0.15) is 5.10 Å². The van der Waals surface area contributed by atoms with Crippen LogP contribution in [0.2, 0.25) is 0 Å². The monoisotopic (exact) mass is 322 g/mol. The van der Waals surface area contributed by atoms with Gasteiger partial charge in [0.25, 0.3) is 5.91 Å². The second-order valence-corrected chi connectivity index (χ2v) is 5.38. The molecule has 4 N–H and O–H groups in total. The molecule has 0 saturated carbocycles. The van der Waals surface area contributed by atoms with Crippen LogP contribution < -0.4 is 11.5 Å². The third-order valence-electron chi connectivity index (χ3n) is 2.67. The Bertz CT molecular complexity index is 606. The Morgan fingerprint density at radius 1 is 1.47 bits per heavy atom. The number of carbonyl (C=O) groups excluding carboxylic acids is 1. The summed E-state index contributed by atoms with van der Waals surface area (Å²) in [5.74, 6) is -0.537. The Hall–Kier alpha value is -1.66. The summed E-state index contributed by atoms with van der Waals surface area (Å²) < 4.78 is 2.62. The first-order valence-electron chi connectivity index (χ1n) is 5.87. The summed E-state index contributed by atoms with van der Waals surface area (Å²) in [6.07, 6.45) is 2.44. The van der Waals surface area contributed by atoms with Gasteiger partial charge in [0.2, 0.25) is 0 Å². The summed E-state index contributed by atoms with van der Waals surface area (Å²) in [5, 5.41) is 4.16. The van der Waals surface area contributed by atoms with Crippen LogP contribution in [0.5, 0.6) is 0 Å². The number of halogens is 1. The molecule has 5 nitrogen and oxygen atoms in total. The lowest BCUT2D eigenvalue weighted by Crippen LogP contribution is -2.19. The largest absolute Gasteiger partial charge is 0.364 e. The topological polar surface area (TPSA) is 86.9 Å². The zero-order chi connectivity index (χ0) is 14.0. The van der Waals surface area contributed by atoms with E-state index in [1.165, 1.54) is 0 Å². The molecule has 1 aromatic carbocycles. The van der Waals surface area contributed by atoms with Crippen LogP contribution in [0.15, 0.2) is 34.9 Å². The van der Waals surface area contributed by atoms with Crippen LogP contribution in [0.1, 0.15) is 23.0 Å². The van der Waals surface area contributed by atoms with E-state index in [4.69, 9.17) is 11.5 Å². The van der Waals surface area contributed by atoms with Crippen LogP contribution in [0.4, 0.5) is 0 Å². The molecule has 2 aromatic rings. The highest BCUT2D eigenvalue weighted by molar-refractivity contribution is 9.10. The van der Waals surface area contributed by atoms with Gasteiger partial charge < -0.3 is 11.5 Å². The molecule has 0 radical (unpaired) electrons. The van der Waals surface area contributed by atoms with E-state index >= 15 is 0 Å². The molecule has 1 amide bonds. The minimum Gasteiger partial charge on any atom is -0.364 e. The van der Waals surface area contributed by atoms with Crippen molar-refractivity contribution < 1.29 is 4.79 Å². The average Bonchev–Trinajstić information content (AvgIpc) is 2.77. The van der Waals surface area contributed by atoms with Crippen molar-refractivity contribution in [3.8, 4) is 5.69 Å². The van der Waals surface area contributed by atoms with Gasteiger partial charge in [-0.25, -0.2) is 4.68 Å². The SMILES string of the molecule is CC(N)Cc1cc(Br)ccc1-n1ccc(C(N)=O)n1. The number of carbonyl (C=O) groups is 1. The summed E-state index contributed by atoms with van der Waals surface area (Å²) in [7, 11) is 0. The molecule has 0 spiro atoms. The Morgan fingerprint density at radius 2 is 2.21 bits per heavy atom. The van der Waals surface area contributed by atoms with Gasteiger partial charge in [0.05, 0.1) is 5.69 Å². The summed E-state index contributed by atoms with van der Waals surface area (Å²) in [6, 6.07) is 7.49. The molecule has 19 heavy (non-hydrogen) atoms. The minimum atomic E-state index is -0.537. The molecule has 100 valence electrons. The third kappa shape index (κ3) is 3.21. The number of nitrogens with two attached hydrogens (primary N) is 2. The van der Waals surface area contributed by atoms with Gasteiger partial charge in [-0.1, -0.05) is 15.9 Å². The molecule has 6 heteroatoms. The molecule has 1 aromatic heterocycles. The number of benzene rings is 1. The summed E-state index contributed by atoms with van der Waals surface area (Å²) >= 11 is 3.44. The molecular weight excluding hydrogens is 308 g/mol. The number of nitrogens with zero attached hydrogens (tertiary/aromatic N) is 2. The van der Waals surface area contributed by atoms with Crippen molar-refractivity contribution in [2.24, 2.45) is 11.5 Å². The van der Waals surface area contributed by atoms with E-state index in [1.807, 2.05) is 25.1 Å². The highest BCUT2D eigenvalue weighted by atomic mass is 79.9. The van der Waals surface area contributed by atoms with E-state index in [2.05, 4.69) is 21.0 Å². The third-order valence-corrected chi connectivity index (χ3v) is 3.17. The summed E-state index contributed by atoms with van der Waals surface area (Å²) in [6.45, 7) is 1.95. The van der Waals surface area contributed by atoms with E-state index in [1.54, 1.807) is 16.9 Å². The van der Waals surface area contributed by atoms with Crippen molar-refractivity contribution in [3.05, 3.63) is 46.2 Å². The van der Waals surface area contributed by atoms with Gasteiger partial charge in [-0.05, 0) is 43.2 Å². The van der Waals surface area contributed by atoms with Crippen LogP contribution >= 0.6 is 15.9 Å². The zero-order valence-electron chi connectivity index (χ0n) is 10.5. The van der Waals surface area contributed by atoms with Crippen LogP contribution in [0.25, 0.3) is 5.69 Å². The van der Waals surface area contributed by atoms with Gasteiger partial charge >= 0.3 is 0 Å². The number of hydrogen-bond acceptors (Lipinski definition) is 3. The summed E-state index contributed by atoms with van der Waals surface area (Å²) in [4.78, 5) is 11.1. The van der Waals surface area contributed by atoms with Crippen molar-refractivity contribution in [1.29, 1.82) is 0 Å². The molecule has 1 atom stereocenters. The van der Waals surface area contributed by atoms with Crippen LogP contribution in [-0.2, 0) is 6.42 Å². The van der Waals surface area contributed by atoms with E-state index in [-0.39, 0.29) is 11.7 Å². The lowest BCUT2D eigenvalue weighted by Gasteiger charge is -2.12. The fourth-order valence-corrected chi connectivity index (χ4v) is 2.29. The van der Waals surface area contributed by atoms with Crippen molar-refractivity contribution >= 4 is 21.8 Å². The predicted octanol–water partition coefficient (Wildman–Crippen LogP) is 1.62. The lowest BCUT2D eigenvalue weighted by atomic mass is 10.1. The fraction of sp³-hybridized carbons (Fsp3) is 0.231. The Morgan fingerprint density at radius 3 is 2.79 bits per heavy atom. The van der Waals surface area contributed by atoms with Crippen LogP contribution in [-0.4, -0.2) is 21.7 Å². The van der Waals surface area contributed by atoms with Gasteiger partial charge in [0, 0.05) is 16.7 Å². The molecule has 0 aliphatic heterocycles. The van der Waals surface area contributed by atoms with E-state index in [0.717, 1.165) is 22.1 Å². The smallest absolute Gasteiger partial charge is 0.269 e. The minimum absolute atomic E-state index is 0.0409. The maximum Gasteiger partial charge on any atom is 0.269 e. The van der Waals surface area contributed by atoms with Crippen LogP contribution in [0.3, 0.4) is 0 Å². The summed E-state index contributed by atoms with van der Waals surface area (Å²) in [5.41, 5.74) is 13.3. The number of amides is 1. The van der Waals surface area contributed by atoms with Crippen molar-refractivity contribution in [3.63, 3.8) is 0 Å². The second-order valence-electron chi connectivity index (χ2n) is 4.46. The molecule has 1 heterocycles. The standard InChI is InChI=1S/C13H15BrN4O/c1-8(15)6-9-7-10(14)2-3-12(9)18-5-4-11(17-18)13(16)19/h2-5,7-8H,6,15H2,1H3,(H2,16,19). The number of aromatic nitrogens is 2. The fourth-order valence-electron chi connectivity index (χ4n) is 1.88. The maximum atomic E-state index is 11.1.